The van der Waals surface area contributed by atoms with Crippen LogP contribution in [0.4, 0.5) is 0 Å². The summed E-state index contributed by atoms with van der Waals surface area (Å²) in [4.78, 5) is 14.9. The maximum atomic E-state index is 12.3. The minimum absolute atomic E-state index is 0.0613. The van der Waals surface area contributed by atoms with Crippen molar-refractivity contribution < 1.29 is 4.79 Å². The molecule has 3 aliphatic heterocycles. The van der Waals surface area contributed by atoms with Gasteiger partial charge in [-0.05, 0) is 32.7 Å². The smallest absolute Gasteiger partial charge is 0.238 e. The molecule has 3 aliphatic rings. The average molecular weight is 266 g/mol. The first kappa shape index (κ1) is 13.3. The Balaban J connectivity index is 1.52. The Bertz CT molecular complexity index is 327. The summed E-state index contributed by atoms with van der Waals surface area (Å²) in [6, 6.07) is 1.36. The molecule has 0 aromatic heterocycles. The number of nitrogens with one attached hydrogen (secondary N) is 3. The first-order valence-electron chi connectivity index (χ1n) is 7.75. The highest BCUT2D eigenvalue weighted by atomic mass is 16.2. The summed E-state index contributed by atoms with van der Waals surface area (Å²) in [5.41, 5.74) is 0. The number of piperazine rings is 1. The van der Waals surface area contributed by atoms with Gasteiger partial charge in [0.1, 0.15) is 0 Å². The van der Waals surface area contributed by atoms with Crippen LogP contribution in [0.25, 0.3) is 0 Å². The molecule has 0 radical (unpaired) electrons. The number of nitrogens with zero attached hydrogens (tertiary/aromatic N) is 1. The number of hydrogen-bond donors (Lipinski definition) is 3. The van der Waals surface area contributed by atoms with Gasteiger partial charge in [0.05, 0.1) is 6.04 Å². The van der Waals surface area contributed by atoms with Gasteiger partial charge in [-0.1, -0.05) is 6.42 Å². The summed E-state index contributed by atoms with van der Waals surface area (Å²) in [6.45, 7) is 6.13. The van der Waals surface area contributed by atoms with Gasteiger partial charge in [-0.25, -0.2) is 0 Å². The molecule has 3 fully saturated rings. The SMILES string of the molecule is CC1CNC(C(=O)NC2CCN3CCCCC23)CN1. The summed E-state index contributed by atoms with van der Waals surface area (Å²) >= 11 is 0. The third kappa shape index (κ3) is 2.93. The summed E-state index contributed by atoms with van der Waals surface area (Å²) in [5.74, 6) is 0.178. The zero-order chi connectivity index (χ0) is 13.2. The van der Waals surface area contributed by atoms with Crippen LogP contribution in [0.15, 0.2) is 0 Å². The molecule has 0 aromatic carbocycles. The maximum Gasteiger partial charge on any atom is 0.238 e. The molecule has 5 nitrogen and oxygen atoms in total. The molecule has 3 heterocycles. The monoisotopic (exact) mass is 266 g/mol. The fourth-order valence-electron chi connectivity index (χ4n) is 3.67. The van der Waals surface area contributed by atoms with Gasteiger partial charge in [0.25, 0.3) is 0 Å². The van der Waals surface area contributed by atoms with E-state index in [1.807, 2.05) is 0 Å². The van der Waals surface area contributed by atoms with Crippen molar-refractivity contribution in [3.8, 4) is 0 Å². The fourth-order valence-corrected chi connectivity index (χ4v) is 3.67. The zero-order valence-corrected chi connectivity index (χ0v) is 11.8. The average Bonchev–Trinajstić information content (AvgIpc) is 2.83. The molecule has 1 amide bonds. The van der Waals surface area contributed by atoms with E-state index < -0.39 is 0 Å². The van der Waals surface area contributed by atoms with Gasteiger partial charge in [0.2, 0.25) is 5.91 Å². The van der Waals surface area contributed by atoms with Crippen molar-refractivity contribution in [2.45, 2.75) is 56.8 Å². The van der Waals surface area contributed by atoms with Gasteiger partial charge in [-0.15, -0.1) is 0 Å². The highest BCUT2D eigenvalue weighted by Crippen LogP contribution is 2.27. The number of fused-ring (bicyclic) bond motifs is 1. The Morgan fingerprint density at radius 1 is 1.16 bits per heavy atom. The van der Waals surface area contributed by atoms with E-state index in [1.165, 1.54) is 25.8 Å². The Morgan fingerprint density at radius 2 is 2.05 bits per heavy atom. The fraction of sp³-hybridized carbons (Fsp3) is 0.929. The van der Waals surface area contributed by atoms with Crippen molar-refractivity contribution >= 4 is 5.91 Å². The summed E-state index contributed by atoms with van der Waals surface area (Å²) in [7, 11) is 0. The zero-order valence-electron chi connectivity index (χ0n) is 11.8. The van der Waals surface area contributed by atoms with Crippen molar-refractivity contribution in [2.75, 3.05) is 26.2 Å². The topological polar surface area (TPSA) is 56.4 Å². The number of amides is 1. The lowest BCUT2D eigenvalue weighted by molar-refractivity contribution is -0.124. The molecule has 3 N–H and O–H groups in total. The van der Waals surface area contributed by atoms with Gasteiger partial charge in [0.15, 0.2) is 0 Å². The Morgan fingerprint density at radius 3 is 2.84 bits per heavy atom. The van der Waals surface area contributed by atoms with Crippen LogP contribution in [0.2, 0.25) is 0 Å². The van der Waals surface area contributed by atoms with Crippen LogP contribution in [0, 0.1) is 0 Å². The first-order chi connectivity index (χ1) is 9.24. The number of hydrogen-bond acceptors (Lipinski definition) is 4. The molecule has 0 spiro atoms. The highest BCUT2D eigenvalue weighted by molar-refractivity contribution is 5.82. The molecule has 0 bridgehead atoms. The molecule has 0 saturated carbocycles. The van der Waals surface area contributed by atoms with Crippen molar-refractivity contribution in [3.63, 3.8) is 0 Å². The normalized spacial score (nSPS) is 39.8. The minimum atomic E-state index is -0.0613. The summed E-state index contributed by atoms with van der Waals surface area (Å²) < 4.78 is 0. The standard InChI is InChI=1S/C14H26N4O/c1-10-8-16-12(9-15-10)14(19)17-11-5-7-18-6-3-2-4-13(11)18/h10-13,15-16H,2-9H2,1H3,(H,17,19). The van der Waals surface area contributed by atoms with Crippen molar-refractivity contribution in [3.05, 3.63) is 0 Å². The van der Waals surface area contributed by atoms with Gasteiger partial charge < -0.3 is 16.0 Å². The Kier molecular flexibility index (Phi) is 4.05. The van der Waals surface area contributed by atoms with Crippen LogP contribution in [0.1, 0.15) is 32.6 Å². The van der Waals surface area contributed by atoms with Crippen LogP contribution in [0.5, 0.6) is 0 Å². The molecule has 4 unspecified atom stereocenters. The number of piperidine rings is 1. The second-order valence-corrected chi connectivity index (χ2v) is 6.27. The maximum absolute atomic E-state index is 12.3. The highest BCUT2D eigenvalue weighted by Gasteiger charge is 2.37. The predicted octanol–water partition coefficient (Wildman–Crippen LogP) is -0.321. The first-order valence-corrected chi connectivity index (χ1v) is 7.75. The molecule has 19 heavy (non-hydrogen) atoms. The van der Waals surface area contributed by atoms with E-state index >= 15 is 0 Å². The quantitative estimate of drug-likeness (QED) is 0.641. The van der Waals surface area contributed by atoms with Gasteiger partial charge >= 0.3 is 0 Å². The summed E-state index contributed by atoms with van der Waals surface area (Å²) in [5, 5.41) is 9.97. The summed E-state index contributed by atoms with van der Waals surface area (Å²) in [6.07, 6.45) is 5.00. The van der Waals surface area contributed by atoms with Crippen LogP contribution in [-0.4, -0.2) is 61.2 Å². The van der Waals surface area contributed by atoms with E-state index in [-0.39, 0.29) is 11.9 Å². The molecular weight excluding hydrogens is 240 g/mol. The lowest BCUT2D eigenvalue weighted by Gasteiger charge is -2.34. The predicted molar refractivity (Wildman–Crippen MR) is 75.0 cm³/mol. The number of carbonyl (C=O) groups excluding carboxylic acids is 1. The van der Waals surface area contributed by atoms with E-state index in [1.54, 1.807) is 0 Å². The van der Waals surface area contributed by atoms with Crippen molar-refractivity contribution in [2.24, 2.45) is 0 Å². The van der Waals surface area contributed by atoms with Crippen LogP contribution in [0.3, 0.4) is 0 Å². The molecule has 4 atom stereocenters. The van der Waals surface area contributed by atoms with Gasteiger partial charge in [-0.2, -0.15) is 0 Å². The number of rotatable bonds is 2. The van der Waals surface area contributed by atoms with Gasteiger partial charge in [0, 0.05) is 37.8 Å². The van der Waals surface area contributed by atoms with Crippen molar-refractivity contribution in [1.82, 2.24) is 20.9 Å². The Labute approximate surface area is 115 Å². The largest absolute Gasteiger partial charge is 0.350 e. The third-order valence-electron chi connectivity index (χ3n) is 4.84. The van der Waals surface area contributed by atoms with E-state index in [4.69, 9.17) is 0 Å². The molecule has 5 heteroatoms. The van der Waals surface area contributed by atoms with Crippen LogP contribution < -0.4 is 16.0 Å². The minimum Gasteiger partial charge on any atom is -0.350 e. The Hall–Kier alpha value is -0.650. The lowest BCUT2D eigenvalue weighted by atomic mass is 9.98. The molecule has 108 valence electrons. The van der Waals surface area contributed by atoms with Crippen LogP contribution >= 0.6 is 0 Å². The molecule has 3 saturated heterocycles. The number of carbonyl (C=O) groups is 1. The van der Waals surface area contributed by atoms with E-state index in [0.29, 0.717) is 18.1 Å². The van der Waals surface area contributed by atoms with Crippen molar-refractivity contribution in [1.29, 1.82) is 0 Å². The lowest BCUT2D eigenvalue weighted by Crippen LogP contribution is -2.60. The molecule has 3 rings (SSSR count). The van der Waals surface area contributed by atoms with Crippen LogP contribution in [-0.2, 0) is 4.79 Å². The molecular formula is C14H26N4O. The third-order valence-corrected chi connectivity index (χ3v) is 4.84. The second kappa shape index (κ2) is 5.77. The molecule has 0 aromatic rings. The second-order valence-electron chi connectivity index (χ2n) is 6.27. The van der Waals surface area contributed by atoms with Gasteiger partial charge in [-0.3, -0.25) is 9.69 Å². The van der Waals surface area contributed by atoms with E-state index in [9.17, 15) is 4.79 Å². The van der Waals surface area contributed by atoms with E-state index in [2.05, 4.69) is 27.8 Å². The molecule has 0 aliphatic carbocycles. The van der Waals surface area contributed by atoms with E-state index in [0.717, 1.165) is 26.1 Å².